The summed E-state index contributed by atoms with van der Waals surface area (Å²) in [6, 6.07) is 3.74. The van der Waals surface area contributed by atoms with Gasteiger partial charge in [-0.2, -0.15) is 5.10 Å². The summed E-state index contributed by atoms with van der Waals surface area (Å²) in [5.74, 6) is 0. The van der Waals surface area contributed by atoms with Crippen LogP contribution < -0.4 is 5.32 Å². The number of anilines is 1. The van der Waals surface area contributed by atoms with Crippen LogP contribution in [0.3, 0.4) is 0 Å². The van der Waals surface area contributed by atoms with Crippen molar-refractivity contribution >= 4 is 17.3 Å². The molecule has 4 nitrogen and oxygen atoms in total. The van der Waals surface area contributed by atoms with Gasteiger partial charge in [-0.3, -0.25) is 4.68 Å². The standard InChI is InChI=1S/C12H15ClN4/c1-17-9-10(8-16-17)3-2-5-14-11-4-6-15-12(13)7-11/h4,6-9H,2-3,5H2,1H3,(H,14,15). The number of nitrogens with zero attached hydrogens (tertiary/aromatic N) is 3. The highest BCUT2D eigenvalue weighted by molar-refractivity contribution is 6.29. The Morgan fingerprint density at radius 2 is 2.35 bits per heavy atom. The summed E-state index contributed by atoms with van der Waals surface area (Å²) in [5, 5.41) is 7.96. The summed E-state index contributed by atoms with van der Waals surface area (Å²) < 4.78 is 1.82. The lowest BCUT2D eigenvalue weighted by molar-refractivity contribution is 0.766. The Labute approximate surface area is 106 Å². The van der Waals surface area contributed by atoms with Crippen LogP contribution in [0.1, 0.15) is 12.0 Å². The monoisotopic (exact) mass is 250 g/mol. The molecule has 0 radical (unpaired) electrons. The maximum atomic E-state index is 5.79. The van der Waals surface area contributed by atoms with E-state index in [0.29, 0.717) is 5.15 Å². The van der Waals surface area contributed by atoms with Crippen LogP contribution in [0.2, 0.25) is 5.15 Å². The van der Waals surface area contributed by atoms with Crippen LogP contribution in [0.4, 0.5) is 5.69 Å². The normalized spacial score (nSPS) is 10.5. The van der Waals surface area contributed by atoms with Gasteiger partial charge in [-0.15, -0.1) is 0 Å². The SMILES string of the molecule is Cn1cc(CCCNc2ccnc(Cl)c2)cn1. The van der Waals surface area contributed by atoms with E-state index in [4.69, 9.17) is 11.6 Å². The van der Waals surface area contributed by atoms with Crippen LogP contribution in [-0.2, 0) is 13.5 Å². The summed E-state index contributed by atoms with van der Waals surface area (Å²) in [4.78, 5) is 3.93. The molecular formula is C12H15ClN4. The Morgan fingerprint density at radius 1 is 1.47 bits per heavy atom. The van der Waals surface area contributed by atoms with E-state index in [2.05, 4.69) is 15.4 Å². The van der Waals surface area contributed by atoms with Gasteiger partial charge in [0.2, 0.25) is 0 Å². The highest BCUT2D eigenvalue weighted by Crippen LogP contribution is 2.11. The average molecular weight is 251 g/mol. The molecule has 2 rings (SSSR count). The molecule has 90 valence electrons. The zero-order valence-corrected chi connectivity index (χ0v) is 10.5. The number of hydrogen-bond donors (Lipinski definition) is 1. The molecule has 1 N–H and O–H groups in total. The summed E-state index contributed by atoms with van der Waals surface area (Å²) in [7, 11) is 1.93. The van der Waals surface area contributed by atoms with Gasteiger partial charge in [0.15, 0.2) is 0 Å². The summed E-state index contributed by atoms with van der Waals surface area (Å²) in [6.45, 7) is 0.912. The van der Waals surface area contributed by atoms with E-state index in [0.717, 1.165) is 25.1 Å². The lowest BCUT2D eigenvalue weighted by Gasteiger charge is -2.05. The first-order valence-electron chi connectivity index (χ1n) is 5.57. The minimum absolute atomic E-state index is 0.516. The van der Waals surface area contributed by atoms with Crippen molar-refractivity contribution in [2.75, 3.05) is 11.9 Å². The number of pyridine rings is 1. The molecule has 0 bridgehead atoms. The van der Waals surface area contributed by atoms with Gasteiger partial charge in [0, 0.05) is 31.7 Å². The minimum atomic E-state index is 0.516. The Hall–Kier alpha value is -1.55. The first-order valence-corrected chi connectivity index (χ1v) is 5.95. The lowest BCUT2D eigenvalue weighted by Crippen LogP contribution is -2.02. The molecule has 0 aliphatic carbocycles. The predicted molar refractivity (Wildman–Crippen MR) is 69.3 cm³/mol. The van der Waals surface area contributed by atoms with Gasteiger partial charge in [-0.1, -0.05) is 11.6 Å². The molecular weight excluding hydrogens is 236 g/mol. The minimum Gasteiger partial charge on any atom is -0.385 e. The number of rotatable bonds is 5. The van der Waals surface area contributed by atoms with Gasteiger partial charge in [0.1, 0.15) is 5.15 Å². The first-order chi connectivity index (χ1) is 8.24. The Balaban J connectivity index is 1.73. The number of nitrogens with one attached hydrogen (secondary N) is 1. The van der Waals surface area contributed by atoms with Crippen molar-refractivity contribution in [1.29, 1.82) is 0 Å². The molecule has 0 aromatic carbocycles. The second-order valence-electron chi connectivity index (χ2n) is 3.92. The number of aromatic nitrogens is 3. The Kier molecular flexibility index (Phi) is 3.98. The van der Waals surface area contributed by atoms with E-state index >= 15 is 0 Å². The quantitative estimate of drug-likeness (QED) is 0.655. The summed E-state index contributed by atoms with van der Waals surface area (Å²) in [6.07, 6.45) is 7.74. The van der Waals surface area contributed by atoms with Gasteiger partial charge in [-0.25, -0.2) is 4.98 Å². The maximum Gasteiger partial charge on any atom is 0.131 e. The predicted octanol–water partition coefficient (Wildman–Crippen LogP) is 2.51. The average Bonchev–Trinajstić information content (AvgIpc) is 2.71. The van der Waals surface area contributed by atoms with Crippen LogP contribution in [0.25, 0.3) is 0 Å². The third kappa shape index (κ3) is 3.75. The molecule has 2 aromatic heterocycles. The molecule has 0 unspecified atom stereocenters. The third-order valence-electron chi connectivity index (χ3n) is 2.46. The largest absolute Gasteiger partial charge is 0.385 e. The number of hydrogen-bond acceptors (Lipinski definition) is 3. The zero-order chi connectivity index (χ0) is 12.1. The molecule has 0 aliphatic heterocycles. The number of aryl methyl sites for hydroxylation is 2. The van der Waals surface area contributed by atoms with Crippen LogP contribution >= 0.6 is 11.6 Å². The van der Waals surface area contributed by atoms with E-state index < -0.39 is 0 Å². The van der Waals surface area contributed by atoms with E-state index in [1.807, 2.05) is 36.3 Å². The fraction of sp³-hybridized carbons (Fsp3) is 0.333. The van der Waals surface area contributed by atoms with Crippen LogP contribution in [0.15, 0.2) is 30.7 Å². The van der Waals surface area contributed by atoms with Crippen molar-refractivity contribution in [3.63, 3.8) is 0 Å². The topological polar surface area (TPSA) is 42.7 Å². The molecule has 17 heavy (non-hydrogen) atoms. The van der Waals surface area contributed by atoms with E-state index in [1.165, 1.54) is 5.56 Å². The van der Waals surface area contributed by atoms with E-state index in [1.54, 1.807) is 6.20 Å². The molecule has 0 saturated heterocycles. The highest BCUT2D eigenvalue weighted by Gasteiger charge is 1.97. The number of halogens is 1. The van der Waals surface area contributed by atoms with Crippen molar-refractivity contribution < 1.29 is 0 Å². The van der Waals surface area contributed by atoms with Crippen molar-refractivity contribution in [2.45, 2.75) is 12.8 Å². The summed E-state index contributed by atoms with van der Waals surface area (Å²) >= 11 is 5.79. The van der Waals surface area contributed by atoms with Crippen molar-refractivity contribution in [1.82, 2.24) is 14.8 Å². The fourth-order valence-corrected chi connectivity index (χ4v) is 1.81. The first kappa shape index (κ1) is 11.9. The van der Waals surface area contributed by atoms with Crippen molar-refractivity contribution in [3.8, 4) is 0 Å². The Morgan fingerprint density at radius 3 is 3.06 bits per heavy atom. The van der Waals surface area contributed by atoms with Gasteiger partial charge >= 0.3 is 0 Å². The van der Waals surface area contributed by atoms with Crippen LogP contribution in [0, 0.1) is 0 Å². The summed E-state index contributed by atoms with van der Waals surface area (Å²) in [5.41, 5.74) is 2.28. The second kappa shape index (κ2) is 5.68. The molecule has 0 spiro atoms. The molecule has 2 aromatic rings. The van der Waals surface area contributed by atoms with Crippen LogP contribution in [-0.4, -0.2) is 21.3 Å². The van der Waals surface area contributed by atoms with Gasteiger partial charge < -0.3 is 5.32 Å². The molecule has 0 atom stereocenters. The third-order valence-corrected chi connectivity index (χ3v) is 2.66. The Bertz CT molecular complexity index is 481. The lowest BCUT2D eigenvalue weighted by atomic mass is 10.2. The van der Waals surface area contributed by atoms with Crippen molar-refractivity contribution in [3.05, 3.63) is 41.4 Å². The molecule has 0 saturated carbocycles. The fourth-order valence-electron chi connectivity index (χ4n) is 1.64. The second-order valence-corrected chi connectivity index (χ2v) is 4.31. The van der Waals surface area contributed by atoms with E-state index in [-0.39, 0.29) is 0 Å². The molecule has 2 heterocycles. The van der Waals surface area contributed by atoms with Gasteiger partial charge in [0.05, 0.1) is 6.20 Å². The van der Waals surface area contributed by atoms with E-state index in [9.17, 15) is 0 Å². The molecule has 5 heteroatoms. The molecule has 0 fully saturated rings. The van der Waals surface area contributed by atoms with Crippen LogP contribution in [0.5, 0.6) is 0 Å². The molecule has 0 aliphatic rings. The smallest absolute Gasteiger partial charge is 0.131 e. The van der Waals surface area contributed by atoms with Crippen molar-refractivity contribution in [2.24, 2.45) is 7.05 Å². The highest BCUT2D eigenvalue weighted by atomic mass is 35.5. The van der Waals surface area contributed by atoms with Gasteiger partial charge in [0.25, 0.3) is 0 Å². The molecule has 0 amide bonds. The zero-order valence-electron chi connectivity index (χ0n) is 9.73. The maximum absolute atomic E-state index is 5.79. The van der Waals surface area contributed by atoms with Gasteiger partial charge in [-0.05, 0) is 30.5 Å².